The Morgan fingerprint density at radius 3 is 2.26 bits per heavy atom. The second-order valence-corrected chi connectivity index (χ2v) is 8.21. The first-order chi connectivity index (χ1) is 16.5. The van der Waals surface area contributed by atoms with Gasteiger partial charge in [-0.3, -0.25) is 19.4 Å². The molecule has 15 nitrogen and oxygen atoms in total. The molecule has 35 heavy (non-hydrogen) atoms. The van der Waals surface area contributed by atoms with Gasteiger partial charge in [0.1, 0.15) is 18.1 Å². The number of aromatic nitrogens is 2. The van der Waals surface area contributed by atoms with Crippen molar-refractivity contribution in [2.45, 2.75) is 57.3 Å². The smallest absolute Gasteiger partial charge is 0.328 e. The number of hydrogen-bond donors (Lipinski definition) is 9. The van der Waals surface area contributed by atoms with Gasteiger partial charge < -0.3 is 48.3 Å². The van der Waals surface area contributed by atoms with Gasteiger partial charge in [0.2, 0.25) is 17.7 Å². The van der Waals surface area contributed by atoms with Crippen molar-refractivity contribution in [1.29, 1.82) is 0 Å². The molecule has 0 aliphatic carbocycles. The van der Waals surface area contributed by atoms with Gasteiger partial charge in [0.15, 0.2) is 5.96 Å². The number of rotatable bonds is 15. The fraction of sp³-hybridized carbons (Fsp3) is 0.600. The Balaban J connectivity index is 2.93. The molecule has 0 aliphatic rings. The average Bonchev–Trinajstić information content (AvgIpc) is 3.29. The molecule has 4 atom stereocenters. The molecule has 15 heteroatoms. The molecule has 0 spiro atoms. The molecule has 1 heterocycles. The Morgan fingerprint density at radius 2 is 1.74 bits per heavy atom. The largest absolute Gasteiger partial charge is 0.480 e. The lowest BCUT2D eigenvalue weighted by Gasteiger charge is -2.26. The molecule has 0 saturated carbocycles. The molecular formula is C20H35N9O6. The van der Waals surface area contributed by atoms with E-state index in [1.54, 1.807) is 13.8 Å². The molecule has 0 aliphatic heterocycles. The zero-order valence-electron chi connectivity index (χ0n) is 19.7. The Bertz CT molecular complexity index is 870. The molecule has 0 fully saturated rings. The summed E-state index contributed by atoms with van der Waals surface area (Å²) < 4.78 is 0. The van der Waals surface area contributed by atoms with Crippen LogP contribution in [0.3, 0.4) is 0 Å². The van der Waals surface area contributed by atoms with Crippen molar-refractivity contribution in [2.24, 2.45) is 28.1 Å². The van der Waals surface area contributed by atoms with Crippen molar-refractivity contribution >= 4 is 29.7 Å². The van der Waals surface area contributed by atoms with Crippen LogP contribution in [0.1, 0.15) is 32.4 Å². The number of hydrogen-bond acceptors (Lipinski definition) is 8. The van der Waals surface area contributed by atoms with Crippen LogP contribution < -0.4 is 33.2 Å². The van der Waals surface area contributed by atoms with Gasteiger partial charge in [-0.25, -0.2) is 9.78 Å². The van der Waals surface area contributed by atoms with Crippen LogP contribution in [0.2, 0.25) is 0 Å². The number of aliphatic imine (C=N–C) groups is 1. The molecule has 3 amide bonds. The maximum atomic E-state index is 13.0. The standard InChI is InChI=1S/C20H35N9O6/c1-10(2)15(18(33)28-14(8-30)19(34)35)29-17(32)13(4-3-5-25-20(22)23)27-16(31)12(21)6-11-7-24-9-26-11/h7,9-10,12-15,30H,3-6,8,21H2,1-2H3,(H,24,26)(H,27,31)(H,28,33)(H,29,32)(H,34,35)(H4,22,23,25). The third-order valence-electron chi connectivity index (χ3n) is 4.95. The number of imidazole rings is 1. The molecule has 0 bridgehead atoms. The van der Waals surface area contributed by atoms with E-state index in [4.69, 9.17) is 27.4 Å². The van der Waals surface area contributed by atoms with Gasteiger partial charge in [0, 0.05) is 24.9 Å². The summed E-state index contributed by atoms with van der Waals surface area (Å²) in [5.74, 6) is -4.06. The summed E-state index contributed by atoms with van der Waals surface area (Å²) >= 11 is 0. The van der Waals surface area contributed by atoms with E-state index in [0.717, 1.165) is 0 Å². The van der Waals surface area contributed by atoms with Gasteiger partial charge in [-0.15, -0.1) is 0 Å². The van der Waals surface area contributed by atoms with Crippen LogP contribution in [0.4, 0.5) is 0 Å². The topological polar surface area (TPSA) is 264 Å². The SMILES string of the molecule is CC(C)C(NC(=O)C(CCCN=C(N)N)NC(=O)C(N)Cc1cnc[nH]1)C(=O)NC(CO)C(=O)O. The summed E-state index contributed by atoms with van der Waals surface area (Å²) in [5.41, 5.74) is 17.2. The number of aromatic amines is 1. The molecule has 1 aromatic rings. The van der Waals surface area contributed by atoms with Crippen molar-refractivity contribution < 1.29 is 29.4 Å². The van der Waals surface area contributed by atoms with Gasteiger partial charge in [-0.2, -0.15) is 0 Å². The second-order valence-electron chi connectivity index (χ2n) is 8.21. The summed E-state index contributed by atoms with van der Waals surface area (Å²) in [4.78, 5) is 60.0. The summed E-state index contributed by atoms with van der Waals surface area (Å²) in [7, 11) is 0. The van der Waals surface area contributed by atoms with Crippen molar-refractivity contribution in [1.82, 2.24) is 25.9 Å². The number of carbonyl (C=O) groups excluding carboxylic acids is 3. The van der Waals surface area contributed by atoms with Crippen molar-refractivity contribution in [2.75, 3.05) is 13.2 Å². The van der Waals surface area contributed by atoms with Crippen molar-refractivity contribution in [3.63, 3.8) is 0 Å². The molecule has 4 unspecified atom stereocenters. The van der Waals surface area contributed by atoms with Gasteiger partial charge in [0.25, 0.3) is 0 Å². The summed E-state index contributed by atoms with van der Waals surface area (Å²) in [5, 5.41) is 25.5. The second kappa shape index (κ2) is 14.5. The highest BCUT2D eigenvalue weighted by Gasteiger charge is 2.31. The van der Waals surface area contributed by atoms with Crippen molar-refractivity contribution in [3.05, 3.63) is 18.2 Å². The van der Waals surface area contributed by atoms with E-state index >= 15 is 0 Å². The highest BCUT2D eigenvalue weighted by Crippen LogP contribution is 2.07. The van der Waals surface area contributed by atoms with Crippen LogP contribution in [0.25, 0.3) is 0 Å². The number of carbonyl (C=O) groups is 4. The van der Waals surface area contributed by atoms with E-state index in [2.05, 4.69) is 30.9 Å². The third kappa shape index (κ3) is 10.4. The summed E-state index contributed by atoms with van der Waals surface area (Å²) in [6, 6.07) is -4.72. The van der Waals surface area contributed by atoms with Crippen molar-refractivity contribution in [3.8, 4) is 0 Å². The molecular weight excluding hydrogens is 462 g/mol. The lowest BCUT2D eigenvalue weighted by Crippen LogP contribution is -2.59. The number of nitrogens with zero attached hydrogens (tertiary/aromatic N) is 2. The number of nitrogens with one attached hydrogen (secondary N) is 4. The molecule has 1 aromatic heterocycles. The quantitative estimate of drug-likeness (QED) is 0.0656. The minimum Gasteiger partial charge on any atom is -0.480 e. The molecule has 196 valence electrons. The van der Waals surface area contributed by atoms with Crippen LogP contribution in [0.5, 0.6) is 0 Å². The predicted molar refractivity (Wildman–Crippen MR) is 126 cm³/mol. The number of H-pyrrole nitrogens is 1. The van der Waals surface area contributed by atoms with Gasteiger partial charge in [-0.1, -0.05) is 13.8 Å². The summed E-state index contributed by atoms with van der Waals surface area (Å²) in [6.07, 6.45) is 3.59. The number of aliphatic carboxylic acids is 1. The maximum absolute atomic E-state index is 13.0. The molecule has 0 radical (unpaired) electrons. The zero-order valence-corrected chi connectivity index (χ0v) is 19.7. The molecule has 0 saturated heterocycles. The first-order valence-electron chi connectivity index (χ1n) is 11.0. The Hall–Kier alpha value is -3.72. The van der Waals surface area contributed by atoms with Gasteiger partial charge in [-0.05, 0) is 18.8 Å². The van der Waals surface area contributed by atoms with E-state index in [1.165, 1.54) is 12.5 Å². The lowest BCUT2D eigenvalue weighted by atomic mass is 10.0. The Labute approximate surface area is 202 Å². The normalized spacial score (nSPS) is 14.3. The fourth-order valence-electron chi connectivity index (χ4n) is 3.01. The van der Waals surface area contributed by atoms with Crippen LogP contribution in [0, 0.1) is 5.92 Å². The van der Waals surface area contributed by atoms with Crippen LogP contribution in [-0.4, -0.2) is 87.2 Å². The number of amides is 3. The monoisotopic (exact) mass is 497 g/mol. The van der Waals surface area contributed by atoms with Gasteiger partial charge in [0.05, 0.1) is 19.0 Å². The highest BCUT2D eigenvalue weighted by molar-refractivity contribution is 5.94. The van der Waals surface area contributed by atoms with E-state index < -0.39 is 60.4 Å². The number of carboxylic acids is 1. The zero-order chi connectivity index (χ0) is 26.5. The summed E-state index contributed by atoms with van der Waals surface area (Å²) in [6.45, 7) is 2.67. The molecule has 12 N–H and O–H groups in total. The average molecular weight is 498 g/mol. The van der Waals surface area contributed by atoms with Crippen LogP contribution in [0.15, 0.2) is 17.5 Å². The Kier molecular flexibility index (Phi) is 12.2. The number of carboxylic acid groups (broad SMARTS) is 1. The fourth-order valence-corrected chi connectivity index (χ4v) is 3.01. The van der Waals surface area contributed by atoms with E-state index in [-0.39, 0.29) is 25.3 Å². The number of guanidine groups is 1. The first kappa shape index (κ1) is 29.3. The van der Waals surface area contributed by atoms with E-state index in [0.29, 0.717) is 12.1 Å². The first-order valence-corrected chi connectivity index (χ1v) is 11.0. The third-order valence-corrected chi connectivity index (χ3v) is 4.95. The van der Waals surface area contributed by atoms with Gasteiger partial charge >= 0.3 is 5.97 Å². The minimum atomic E-state index is -1.53. The van der Waals surface area contributed by atoms with E-state index in [9.17, 15) is 19.2 Å². The molecule has 1 rings (SSSR count). The minimum absolute atomic E-state index is 0.120. The number of aliphatic hydroxyl groups is 1. The van der Waals surface area contributed by atoms with Crippen LogP contribution in [-0.2, 0) is 25.6 Å². The number of aliphatic hydroxyl groups excluding tert-OH is 1. The molecule has 0 aromatic carbocycles. The van der Waals surface area contributed by atoms with Crippen LogP contribution >= 0.6 is 0 Å². The number of nitrogens with two attached hydrogens (primary N) is 3. The van der Waals surface area contributed by atoms with E-state index in [1.807, 2.05) is 0 Å². The lowest BCUT2D eigenvalue weighted by molar-refractivity contribution is -0.143. The Morgan fingerprint density at radius 1 is 1.09 bits per heavy atom. The highest BCUT2D eigenvalue weighted by atomic mass is 16.4. The maximum Gasteiger partial charge on any atom is 0.328 e. The predicted octanol–water partition coefficient (Wildman–Crippen LogP) is -3.48.